The van der Waals surface area contributed by atoms with Gasteiger partial charge in [-0.25, -0.2) is 4.52 Å². The topological polar surface area (TPSA) is 141 Å². The molecular formula is C37H37N9O2S. The molecule has 1 atom stereocenters. The van der Waals surface area contributed by atoms with Crippen molar-refractivity contribution in [3.8, 4) is 28.0 Å². The molecule has 2 fully saturated rings. The van der Waals surface area contributed by atoms with Crippen molar-refractivity contribution in [2.75, 3.05) is 25.5 Å². The zero-order valence-electron chi connectivity index (χ0n) is 27.4. The molecule has 5 aromatic rings. The van der Waals surface area contributed by atoms with E-state index in [2.05, 4.69) is 55.1 Å². The first-order valence-electron chi connectivity index (χ1n) is 17.0. The first kappa shape index (κ1) is 31.3. The van der Waals surface area contributed by atoms with Crippen LogP contribution in [0.4, 0.5) is 5.69 Å². The third-order valence-corrected chi connectivity index (χ3v) is 11.5. The standard InChI is InChI=1S/C37H37N9O2S/c1-39-31-16-32(33-10-8-28-14-23(17-38)18-41-46(28)33)40-19-30(31)37-44-43-36(49-37)24-4-2-22(3-5-24)20-45-13-12-25-15-26(6-7-27(25)21-45)29-9-11-34(47)42-35(29)48/h6-8,10,14-16,18-19,22,24,29H,2-5,9,11-13,20-21H2,1H3,(H,39,40)(H,42,47,48)/t22-,24-,29-/m1/s1. The second-order valence-corrected chi connectivity index (χ2v) is 14.5. The van der Waals surface area contributed by atoms with Gasteiger partial charge in [0.25, 0.3) is 0 Å². The highest BCUT2D eigenvalue weighted by Crippen LogP contribution is 2.41. The molecule has 49 heavy (non-hydrogen) atoms. The molecule has 1 saturated heterocycles. The molecule has 2 amide bonds. The average molecular weight is 672 g/mol. The molecule has 1 aliphatic carbocycles. The van der Waals surface area contributed by atoms with Crippen molar-refractivity contribution in [2.24, 2.45) is 5.92 Å². The second-order valence-electron chi connectivity index (χ2n) is 13.5. The molecule has 248 valence electrons. The second kappa shape index (κ2) is 13.1. The van der Waals surface area contributed by atoms with Gasteiger partial charge in [0.2, 0.25) is 11.8 Å². The van der Waals surface area contributed by atoms with Gasteiger partial charge >= 0.3 is 0 Å². The summed E-state index contributed by atoms with van der Waals surface area (Å²) >= 11 is 1.67. The molecular weight excluding hydrogens is 635 g/mol. The van der Waals surface area contributed by atoms with Crippen LogP contribution in [0.15, 0.2) is 54.9 Å². The number of hydrogen-bond donors (Lipinski definition) is 2. The Hall–Kier alpha value is -4.99. The normalized spacial score (nSPS) is 21.3. The number of carbonyl (C=O) groups excluding carboxylic acids is 2. The van der Waals surface area contributed by atoms with Crippen LogP contribution >= 0.6 is 11.3 Å². The molecule has 2 aliphatic heterocycles. The van der Waals surface area contributed by atoms with E-state index in [-0.39, 0.29) is 17.7 Å². The van der Waals surface area contributed by atoms with Crippen LogP contribution in [-0.2, 0) is 22.6 Å². The molecule has 1 aromatic carbocycles. The SMILES string of the molecule is CNc1cc(-c2ccc3cc(C#N)cnn23)ncc1-c1nnc([C@H]2CC[C@H](CN3CCc4cc([C@H]5CCC(=O)NC5=O)ccc4C3)CC2)s1. The van der Waals surface area contributed by atoms with E-state index in [0.29, 0.717) is 30.2 Å². The number of amides is 2. The highest BCUT2D eigenvalue weighted by atomic mass is 32.1. The van der Waals surface area contributed by atoms with Crippen LogP contribution in [-0.4, -0.2) is 61.6 Å². The molecule has 0 unspecified atom stereocenters. The van der Waals surface area contributed by atoms with Gasteiger partial charge in [-0.3, -0.25) is 24.8 Å². The van der Waals surface area contributed by atoms with Crippen molar-refractivity contribution in [3.05, 3.63) is 82.1 Å². The molecule has 1 saturated carbocycles. The van der Waals surface area contributed by atoms with Crippen LogP contribution in [0.25, 0.3) is 27.5 Å². The first-order chi connectivity index (χ1) is 23.9. The maximum absolute atomic E-state index is 12.4. The van der Waals surface area contributed by atoms with E-state index < -0.39 is 0 Å². The van der Waals surface area contributed by atoms with E-state index in [1.54, 1.807) is 22.0 Å². The number of rotatable bonds is 7. The van der Waals surface area contributed by atoms with Gasteiger partial charge < -0.3 is 5.32 Å². The minimum absolute atomic E-state index is 0.166. The smallest absolute Gasteiger partial charge is 0.234 e. The molecule has 3 aliphatic rings. The number of pyridine rings is 1. The van der Waals surface area contributed by atoms with Gasteiger partial charge in [-0.05, 0) is 85.4 Å². The Bertz CT molecular complexity index is 2110. The van der Waals surface area contributed by atoms with Crippen LogP contribution in [0.3, 0.4) is 0 Å². The molecule has 8 rings (SSSR count). The van der Waals surface area contributed by atoms with Gasteiger partial charge in [-0.2, -0.15) is 10.4 Å². The number of anilines is 1. The Labute approximate surface area is 288 Å². The monoisotopic (exact) mass is 671 g/mol. The Kier molecular flexibility index (Phi) is 8.39. The van der Waals surface area contributed by atoms with Crippen LogP contribution in [0.2, 0.25) is 0 Å². The van der Waals surface area contributed by atoms with Crippen LogP contribution < -0.4 is 10.6 Å². The van der Waals surface area contributed by atoms with E-state index >= 15 is 0 Å². The Morgan fingerprint density at radius 3 is 2.69 bits per heavy atom. The van der Waals surface area contributed by atoms with Gasteiger partial charge in [0.15, 0.2) is 5.01 Å². The van der Waals surface area contributed by atoms with E-state index in [4.69, 9.17) is 4.98 Å². The predicted octanol–water partition coefficient (Wildman–Crippen LogP) is 5.68. The molecule has 0 radical (unpaired) electrons. The van der Waals surface area contributed by atoms with E-state index in [0.717, 1.165) is 82.6 Å². The molecule has 0 spiro atoms. The number of nitriles is 1. The van der Waals surface area contributed by atoms with E-state index in [1.165, 1.54) is 24.0 Å². The van der Waals surface area contributed by atoms with Crippen molar-refractivity contribution in [1.29, 1.82) is 5.26 Å². The zero-order chi connectivity index (χ0) is 33.5. The molecule has 4 aromatic heterocycles. The van der Waals surface area contributed by atoms with Crippen molar-refractivity contribution in [2.45, 2.75) is 63.3 Å². The Morgan fingerprint density at radius 1 is 1.00 bits per heavy atom. The maximum atomic E-state index is 12.4. The van der Waals surface area contributed by atoms with Crippen LogP contribution in [0.5, 0.6) is 0 Å². The number of nitrogens with zero attached hydrogens (tertiary/aromatic N) is 7. The predicted molar refractivity (Wildman–Crippen MR) is 187 cm³/mol. The number of fused-ring (bicyclic) bond motifs is 2. The number of aromatic nitrogens is 5. The fourth-order valence-electron chi connectivity index (χ4n) is 7.71. The van der Waals surface area contributed by atoms with Gasteiger partial charge in [-0.1, -0.05) is 29.5 Å². The van der Waals surface area contributed by atoms with Crippen LogP contribution in [0.1, 0.15) is 77.6 Å². The van der Waals surface area contributed by atoms with Crippen LogP contribution in [0, 0.1) is 17.2 Å². The fraction of sp³-hybridized carbons (Fsp3) is 0.378. The summed E-state index contributed by atoms with van der Waals surface area (Å²) in [6.45, 7) is 3.09. The first-order valence-corrected chi connectivity index (χ1v) is 17.8. The molecule has 12 heteroatoms. The van der Waals surface area contributed by atoms with Crippen molar-refractivity contribution in [3.63, 3.8) is 0 Å². The van der Waals surface area contributed by atoms with E-state index in [1.807, 2.05) is 37.5 Å². The summed E-state index contributed by atoms with van der Waals surface area (Å²) in [6.07, 6.45) is 10.0. The van der Waals surface area contributed by atoms with Crippen molar-refractivity contribution in [1.82, 2.24) is 35.0 Å². The van der Waals surface area contributed by atoms with E-state index in [9.17, 15) is 14.9 Å². The lowest BCUT2D eigenvalue weighted by atomic mass is 9.81. The lowest BCUT2D eigenvalue weighted by Gasteiger charge is -2.35. The molecule has 6 heterocycles. The zero-order valence-corrected chi connectivity index (χ0v) is 28.2. The summed E-state index contributed by atoms with van der Waals surface area (Å²) in [5.41, 5.74) is 8.58. The lowest BCUT2D eigenvalue weighted by Crippen LogP contribution is -2.39. The largest absolute Gasteiger partial charge is 0.387 e. The summed E-state index contributed by atoms with van der Waals surface area (Å²) in [6, 6.07) is 16.4. The average Bonchev–Trinajstić information content (AvgIpc) is 3.79. The third kappa shape index (κ3) is 6.20. The fourth-order valence-corrected chi connectivity index (χ4v) is 8.74. The lowest BCUT2D eigenvalue weighted by molar-refractivity contribution is -0.134. The summed E-state index contributed by atoms with van der Waals surface area (Å²) in [5, 5.41) is 30.7. The number of hydrogen-bond acceptors (Lipinski definition) is 10. The summed E-state index contributed by atoms with van der Waals surface area (Å²) < 4.78 is 1.80. The minimum atomic E-state index is -0.224. The number of benzene rings is 1. The van der Waals surface area contributed by atoms with Crippen molar-refractivity contribution < 1.29 is 9.59 Å². The highest BCUT2D eigenvalue weighted by molar-refractivity contribution is 7.14. The summed E-state index contributed by atoms with van der Waals surface area (Å²) in [4.78, 5) is 31.3. The Morgan fingerprint density at radius 2 is 1.88 bits per heavy atom. The maximum Gasteiger partial charge on any atom is 0.234 e. The quantitative estimate of drug-likeness (QED) is 0.209. The summed E-state index contributed by atoms with van der Waals surface area (Å²) in [5.74, 6) is 0.543. The van der Waals surface area contributed by atoms with Gasteiger partial charge in [0.05, 0.1) is 40.1 Å². The number of piperidine rings is 1. The molecule has 11 nitrogen and oxygen atoms in total. The number of carbonyl (C=O) groups is 2. The third-order valence-electron chi connectivity index (χ3n) is 10.4. The van der Waals surface area contributed by atoms with Gasteiger partial charge in [0.1, 0.15) is 11.1 Å². The number of nitrogens with one attached hydrogen (secondary N) is 2. The molecule has 2 N–H and O–H groups in total. The van der Waals surface area contributed by atoms with Gasteiger partial charge in [0, 0.05) is 50.9 Å². The molecule has 0 bridgehead atoms. The number of imide groups is 1. The minimum Gasteiger partial charge on any atom is -0.387 e. The van der Waals surface area contributed by atoms with Crippen molar-refractivity contribution >= 4 is 34.4 Å². The summed E-state index contributed by atoms with van der Waals surface area (Å²) in [7, 11) is 1.90. The highest BCUT2D eigenvalue weighted by Gasteiger charge is 2.30. The van der Waals surface area contributed by atoms with Gasteiger partial charge in [-0.15, -0.1) is 10.2 Å². The Balaban J connectivity index is 0.881.